The Bertz CT molecular complexity index is 1040. The Hall–Kier alpha value is -2.43. The van der Waals surface area contributed by atoms with Crippen LogP contribution < -0.4 is 10.2 Å². The molecule has 1 spiro atoms. The second-order valence-electron chi connectivity index (χ2n) is 11.8. The fourth-order valence-corrected chi connectivity index (χ4v) is 7.12. The average molecular weight is 546 g/mol. The minimum absolute atomic E-state index is 0.0920. The van der Waals surface area contributed by atoms with Crippen LogP contribution in [0, 0.1) is 5.82 Å². The number of likely N-dealkylation sites (tertiary alicyclic amines) is 1. The van der Waals surface area contributed by atoms with Crippen molar-refractivity contribution in [2.75, 3.05) is 51.0 Å². The van der Waals surface area contributed by atoms with Crippen molar-refractivity contribution < 1.29 is 32.9 Å². The first kappa shape index (κ1) is 26.8. The third-order valence-electron chi connectivity index (χ3n) is 9.31. The van der Waals surface area contributed by atoms with Crippen LogP contribution in [-0.2, 0) is 24.4 Å². The summed E-state index contributed by atoms with van der Waals surface area (Å²) in [6, 6.07) is 5.23. The highest BCUT2D eigenvalue weighted by molar-refractivity contribution is 5.91. The van der Waals surface area contributed by atoms with Crippen molar-refractivity contribution >= 4 is 17.9 Å². The molecule has 2 amide bonds. The lowest BCUT2D eigenvalue weighted by atomic mass is 9.74. The number of carbonyl (C=O) groups excluding carboxylic acids is 2. The van der Waals surface area contributed by atoms with Gasteiger partial charge in [0.25, 0.3) is 0 Å². The van der Waals surface area contributed by atoms with Crippen LogP contribution in [0.1, 0.15) is 63.4 Å². The number of benzene rings is 1. The first-order chi connectivity index (χ1) is 19.0. The SMILES string of the molecule is O=C(NC1CCCCC(N2CCC3(CC2)CN(C(=O)O[C@@H]2CCOC2)c2ccc(F)cc23)C1)O[C@@H]1CCOC1. The molecule has 1 saturated carbocycles. The van der Waals surface area contributed by atoms with Gasteiger partial charge in [-0.2, -0.15) is 0 Å². The van der Waals surface area contributed by atoms with E-state index < -0.39 is 0 Å². The van der Waals surface area contributed by atoms with Crippen LogP contribution in [-0.4, -0.2) is 87.4 Å². The van der Waals surface area contributed by atoms with Crippen LogP contribution in [0.25, 0.3) is 0 Å². The first-order valence-electron chi connectivity index (χ1n) is 14.6. The van der Waals surface area contributed by atoms with E-state index in [1.807, 2.05) is 0 Å². The number of amides is 2. The predicted octanol–water partition coefficient (Wildman–Crippen LogP) is 4.12. The molecule has 1 aromatic rings. The fraction of sp³-hybridized carbons (Fsp3) is 0.724. The van der Waals surface area contributed by atoms with Gasteiger partial charge < -0.3 is 29.2 Å². The second-order valence-corrected chi connectivity index (χ2v) is 11.8. The molecule has 9 nitrogen and oxygen atoms in total. The Morgan fingerprint density at radius 2 is 1.69 bits per heavy atom. The highest BCUT2D eigenvalue weighted by Gasteiger charge is 2.48. The molecule has 10 heteroatoms. The van der Waals surface area contributed by atoms with Gasteiger partial charge in [-0.15, -0.1) is 0 Å². The molecule has 3 saturated heterocycles. The number of rotatable bonds is 4. The highest BCUT2D eigenvalue weighted by atomic mass is 19.1. The summed E-state index contributed by atoms with van der Waals surface area (Å²) in [7, 11) is 0. The molecular formula is C29H40FN3O6. The third-order valence-corrected chi connectivity index (χ3v) is 9.31. The number of anilines is 1. The lowest BCUT2D eigenvalue weighted by molar-refractivity contribution is 0.0759. The predicted molar refractivity (Wildman–Crippen MR) is 141 cm³/mol. The van der Waals surface area contributed by atoms with Crippen LogP contribution in [0.2, 0.25) is 0 Å². The minimum Gasteiger partial charge on any atom is -0.444 e. The van der Waals surface area contributed by atoms with Crippen molar-refractivity contribution in [3.8, 4) is 0 Å². The standard InChI is InChI=1S/C29H40FN3O6/c30-20-5-6-26-25(15-20)29(19-33(26)28(35)39-24-8-14-37-18-24)9-11-32(12-10-29)22-4-2-1-3-21(16-22)31-27(34)38-23-7-13-36-17-23/h5-6,15,21-24H,1-4,7-14,16-19H2,(H,31,34)/t21?,22?,23-,24-/m1/s1. The highest BCUT2D eigenvalue weighted by Crippen LogP contribution is 2.48. The van der Waals surface area contributed by atoms with E-state index in [4.69, 9.17) is 18.9 Å². The molecular weight excluding hydrogens is 505 g/mol. The van der Waals surface area contributed by atoms with E-state index in [2.05, 4.69) is 10.2 Å². The number of piperidine rings is 1. The van der Waals surface area contributed by atoms with Crippen molar-refractivity contribution in [2.45, 2.75) is 87.5 Å². The molecule has 0 radical (unpaired) electrons. The molecule has 4 heterocycles. The smallest absolute Gasteiger partial charge is 0.414 e. The number of nitrogens with zero attached hydrogens (tertiary/aromatic N) is 2. The summed E-state index contributed by atoms with van der Waals surface area (Å²) in [6.07, 6.45) is 7.26. The summed E-state index contributed by atoms with van der Waals surface area (Å²) in [5.74, 6) is -0.274. The van der Waals surface area contributed by atoms with Gasteiger partial charge in [0.2, 0.25) is 0 Å². The van der Waals surface area contributed by atoms with Crippen molar-refractivity contribution in [1.82, 2.24) is 10.2 Å². The molecule has 0 bridgehead atoms. The van der Waals surface area contributed by atoms with Crippen molar-refractivity contribution in [3.05, 3.63) is 29.6 Å². The van der Waals surface area contributed by atoms with E-state index >= 15 is 0 Å². The summed E-state index contributed by atoms with van der Waals surface area (Å²) >= 11 is 0. The number of halogens is 1. The largest absolute Gasteiger partial charge is 0.444 e. The molecule has 2 unspecified atom stereocenters. The van der Waals surface area contributed by atoms with Crippen LogP contribution in [0.4, 0.5) is 19.7 Å². The van der Waals surface area contributed by atoms with E-state index in [-0.39, 0.29) is 41.7 Å². The normalized spacial score (nSPS) is 30.6. The van der Waals surface area contributed by atoms with Crippen molar-refractivity contribution in [3.63, 3.8) is 0 Å². The Balaban J connectivity index is 1.09. The minimum atomic E-state index is -0.369. The van der Waals surface area contributed by atoms with Gasteiger partial charge in [-0.3, -0.25) is 4.90 Å². The summed E-state index contributed by atoms with van der Waals surface area (Å²) in [4.78, 5) is 29.9. The summed E-state index contributed by atoms with van der Waals surface area (Å²) < 4.78 is 36.4. The number of hydrogen-bond donors (Lipinski definition) is 1. The Kier molecular flexibility index (Phi) is 7.95. The number of fused-ring (bicyclic) bond motifs is 2. The topological polar surface area (TPSA) is 89.6 Å². The van der Waals surface area contributed by atoms with E-state index in [1.54, 1.807) is 17.0 Å². The molecule has 4 atom stereocenters. The van der Waals surface area contributed by atoms with Gasteiger partial charge in [0.15, 0.2) is 0 Å². The zero-order valence-corrected chi connectivity index (χ0v) is 22.6. The monoisotopic (exact) mass is 545 g/mol. The summed E-state index contributed by atoms with van der Waals surface area (Å²) in [6.45, 7) is 4.41. The molecule has 1 aliphatic carbocycles. The van der Waals surface area contributed by atoms with Gasteiger partial charge in [-0.05, 0) is 69.0 Å². The van der Waals surface area contributed by atoms with E-state index in [9.17, 15) is 14.0 Å². The molecule has 5 aliphatic rings. The first-order valence-corrected chi connectivity index (χ1v) is 14.6. The van der Waals surface area contributed by atoms with E-state index in [0.29, 0.717) is 45.4 Å². The third kappa shape index (κ3) is 5.88. The van der Waals surface area contributed by atoms with Gasteiger partial charge in [-0.1, -0.05) is 12.8 Å². The van der Waals surface area contributed by atoms with Gasteiger partial charge in [-0.25, -0.2) is 14.0 Å². The van der Waals surface area contributed by atoms with Crippen LogP contribution in [0.5, 0.6) is 0 Å². The Labute approximate surface area is 229 Å². The molecule has 4 aliphatic heterocycles. The van der Waals surface area contributed by atoms with Gasteiger partial charge >= 0.3 is 12.2 Å². The van der Waals surface area contributed by atoms with Crippen molar-refractivity contribution in [1.29, 1.82) is 0 Å². The summed E-state index contributed by atoms with van der Waals surface area (Å²) in [5, 5.41) is 3.12. The number of ether oxygens (including phenoxy) is 4. The Morgan fingerprint density at radius 1 is 0.974 bits per heavy atom. The molecule has 6 rings (SSSR count). The fourth-order valence-electron chi connectivity index (χ4n) is 7.12. The van der Waals surface area contributed by atoms with E-state index in [1.165, 1.54) is 6.07 Å². The molecule has 1 aromatic carbocycles. The molecule has 4 fully saturated rings. The molecule has 0 aromatic heterocycles. The number of carbonyl (C=O) groups is 2. The number of nitrogens with one attached hydrogen (secondary N) is 1. The maximum Gasteiger partial charge on any atom is 0.414 e. The van der Waals surface area contributed by atoms with Gasteiger partial charge in [0.05, 0.1) is 32.1 Å². The molecule has 214 valence electrons. The lowest BCUT2D eigenvalue weighted by Gasteiger charge is -2.43. The van der Waals surface area contributed by atoms with E-state index in [0.717, 1.165) is 75.7 Å². The zero-order chi connectivity index (χ0) is 26.8. The number of alkyl carbamates (subject to hydrolysis) is 1. The maximum absolute atomic E-state index is 14.4. The second kappa shape index (κ2) is 11.6. The van der Waals surface area contributed by atoms with Gasteiger partial charge in [0, 0.05) is 36.9 Å². The quantitative estimate of drug-likeness (QED) is 0.570. The number of hydrogen-bond acceptors (Lipinski definition) is 7. The lowest BCUT2D eigenvalue weighted by Crippen LogP contribution is -2.50. The zero-order valence-electron chi connectivity index (χ0n) is 22.6. The van der Waals surface area contributed by atoms with Crippen LogP contribution in [0.3, 0.4) is 0 Å². The molecule has 39 heavy (non-hydrogen) atoms. The maximum atomic E-state index is 14.4. The average Bonchev–Trinajstić information content (AvgIpc) is 3.65. The summed E-state index contributed by atoms with van der Waals surface area (Å²) in [5.41, 5.74) is 1.40. The van der Waals surface area contributed by atoms with Crippen LogP contribution >= 0.6 is 0 Å². The van der Waals surface area contributed by atoms with Crippen LogP contribution in [0.15, 0.2) is 18.2 Å². The Morgan fingerprint density at radius 3 is 2.41 bits per heavy atom. The van der Waals surface area contributed by atoms with Gasteiger partial charge in [0.1, 0.15) is 18.0 Å². The van der Waals surface area contributed by atoms with Crippen molar-refractivity contribution in [2.24, 2.45) is 0 Å². The molecule has 1 N–H and O–H groups in total.